The van der Waals surface area contributed by atoms with Crippen LogP contribution in [0.25, 0.3) is 5.69 Å². The number of carbonyl (C=O) groups excluding carboxylic acids is 2. The molecule has 2 aromatic carbocycles. The number of aromatic nitrogens is 2. The minimum atomic E-state index is -0.222. The normalized spacial score (nSPS) is 14.2. The number of hydrogen-bond acceptors (Lipinski definition) is 4. The lowest BCUT2D eigenvalue weighted by Crippen LogP contribution is -2.33. The number of hydrogen-bond donors (Lipinski definition) is 0. The van der Waals surface area contributed by atoms with Crippen molar-refractivity contribution in [2.24, 2.45) is 0 Å². The van der Waals surface area contributed by atoms with E-state index in [-0.39, 0.29) is 17.9 Å². The average Bonchev–Trinajstić information content (AvgIpc) is 3.35. The van der Waals surface area contributed by atoms with Crippen molar-refractivity contribution in [3.05, 3.63) is 78.4 Å². The Morgan fingerprint density at radius 1 is 1.00 bits per heavy atom. The summed E-state index contributed by atoms with van der Waals surface area (Å²) >= 11 is 0. The van der Waals surface area contributed by atoms with E-state index in [1.165, 1.54) is 4.90 Å². The van der Waals surface area contributed by atoms with Gasteiger partial charge in [0.1, 0.15) is 11.9 Å². The zero-order valence-electron chi connectivity index (χ0n) is 15.6. The number of nitrogens with zero attached hydrogens (tertiary/aromatic N) is 3. The van der Waals surface area contributed by atoms with Crippen LogP contribution >= 0.6 is 0 Å². The Labute approximate surface area is 163 Å². The molecule has 1 unspecified atom stereocenters. The van der Waals surface area contributed by atoms with Gasteiger partial charge in [-0.1, -0.05) is 19.1 Å². The van der Waals surface area contributed by atoms with Crippen molar-refractivity contribution in [2.75, 3.05) is 6.54 Å². The standard InChI is InChI=1S/C22H21N3O3/c1-2-17(28-18-9-7-16(8-10-18)24-14-12-23-15-24)11-13-25-21(26)19-5-3-4-6-20(19)22(25)27/h3-10,12,14-15,17H,2,11,13H2,1H3. The molecule has 0 spiro atoms. The highest BCUT2D eigenvalue weighted by molar-refractivity contribution is 6.21. The highest BCUT2D eigenvalue weighted by Crippen LogP contribution is 2.24. The number of amides is 2. The maximum atomic E-state index is 12.5. The molecule has 2 amide bonds. The molecule has 3 aromatic rings. The number of fused-ring (bicyclic) bond motifs is 1. The molecule has 4 rings (SSSR count). The van der Waals surface area contributed by atoms with Crippen LogP contribution in [-0.4, -0.2) is 38.9 Å². The fraction of sp³-hybridized carbons (Fsp3) is 0.227. The molecule has 1 atom stereocenters. The molecule has 1 aromatic heterocycles. The average molecular weight is 375 g/mol. The molecule has 1 aliphatic rings. The Kier molecular flexibility index (Phi) is 4.93. The van der Waals surface area contributed by atoms with Crippen LogP contribution in [0.1, 0.15) is 40.5 Å². The topological polar surface area (TPSA) is 64.4 Å². The van der Waals surface area contributed by atoms with Crippen LogP contribution in [-0.2, 0) is 0 Å². The summed E-state index contributed by atoms with van der Waals surface area (Å²) in [6.07, 6.45) is 6.65. The van der Waals surface area contributed by atoms with Crippen LogP contribution in [0, 0.1) is 0 Å². The maximum Gasteiger partial charge on any atom is 0.261 e. The third-order valence-corrected chi connectivity index (χ3v) is 4.95. The van der Waals surface area contributed by atoms with Gasteiger partial charge < -0.3 is 9.30 Å². The van der Waals surface area contributed by atoms with Crippen LogP contribution in [0.2, 0.25) is 0 Å². The highest BCUT2D eigenvalue weighted by atomic mass is 16.5. The Morgan fingerprint density at radius 3 is 2.25 bits per heavy atom. The maximum absolute atomic E-state index is 12.5. The van der Waals surface area contributed by atoms with E-state index in [9.17, 15) is 9.59 Å². The Hall–Kier alpha value is -3.41. The van der Waals surface area contributed by atoms with Gasteiger partial charge in [-0.25, -0.2) is 4.98 Å². The van der Waals surface area contributed by atoms with E-state index in [1.54, 1.807) is 36.8 Å². The first-order valence-electron chi connectivity index (χ1n) is 9.37. The van der Waals surface area contributed by atoms with Crippen molar-refractivity contribution < 1.29 is 14.3 Å². The van der Waals surface area contributed by atoms with Crippen LogP contribution in [0.3, 0.4) is 0 Å². The van der Waals surface area contributed by atoms with Gasteiger partial charge in [-0.05, 0) is 42.8 Å². The van der Waals surface area contributed by atoms with E-state index < -0.39 is 0 Å². The van der Waals surface area contributed by atoms with Gasteiger partial charge in [-0.3, -0.25) is 14.5 Å². The monoisotopic (exact) mass is 375 g/mol. The van der Waals surface area contributed by atoms with Crippen molar-refractivity contribution in [2.45, 2.75) is 25.9 Å². The summed E-state index contributed by atoms with van der Waals surface area (Å²) in [6.45, 7) is 2.38. The first-order chi connectivity index (χ1) is 13.7. The van der Waals surface area contributed by atoms with E-state index in [2.05, 4.69) is 4.98 Å². The zero-order valence-corrected chi connectivity index (χ0v) is 15.6. The van der Waals surface area contributed by atoms with Crippen LogP contribution in [0.4, 0.5) is 0 Å². The number of ether oxygens (including phenoxy) is 1. The Balaban J connectivity index is 1.38. The lowest BCUT2D eigenvalue weighted by Gasteiger charge is -2.21. The summed E-state index contributed by atoms with van der Waals surface area (Å²) in [6, 6.07) is 14.7. The van der Waals surface area contributed by atoms with Gasteiger partial charge in [0.15, 0.2) is 0 Å². The molecule has 0 fully saturated rings. The number of benzene rings is 2. The lowest BCUT2D eigenvalue weighted by molar-refractivity contribution is 0.0629. The first kappa shape index (κ1) is 18.0. The molecular weight excluding hydrogens is 354 g/mol. The molecule has 0 saturated heterocycles. The van der Waals surface area contributed by atoms with Crippen LogP contribution < -0.4 is 4.74 Å². The zero-order chi connectivity index (χ0) is 19.5. The minimum absolute atomic E-state index is 0.0802. The highest BCUT2D eigenvalue weighted by Gasteiger charge is 2.35. The van der Waals surface area contributed by atoms with Gasteiger partial charge in [0.2, 0.25) is 0 Å². The van der Waals surface area contributed by atoms with Crippen molar-refractivity contribution >= 4 is 11.8 Å². The van der Waals surface area contributed by atoms with E-state index in [4.69, 9.17) is 4.74 Å². The van der Waals surface area contributed by atoms with Gasteiger partial charge in [0.25, 0.3) is 11.8 Å². The molecule has 0 saturated carbocycles. The first-order valence-corrected chi connectivity index (χ1v) is 9.37. The van der Waals surface area contributed by atoms with E-state index in [1.807, 2.05) is 42.0 Å². The molecule has 1 aliphatic heterocycles. The smallest absolute Gasteiger partial charge is 0.261 e. The van der Waals surface area contributed by atoms with Gasteiger partial charge >= 0.3 is 0 Å². The van der Waals surface area contributed by atoms with Gasteiger partial charge in [-0.2, -0.15) is 0 Å². The second-order valence-corrected chi connectivity index (χ2v) is 6.71. The fourth-order valence-electron chi connectivity index (χ4n) is 3.36. The number of imidazole rings is 1. The van der Waals surface area contributed by atoms with E-state index in [0.717, 1.165) is 17.9 Å². The van der Waals surface area contributed by atoms with Gasteiger partial charge in [-0.15, -0.1) is 0 Å². The van der Waals surface area contributed by atoms with Crippen molar-refractivity contribution in [3.63, 3.8) is 0 Å². The molecule has 0 radical (unpaired) electrons. The molecule has 2 heterocycles. The number of rotatable bonds is 7. The SMILES string of the molecule is CCC(CCN1C(=O)c2ccccc2C1=O)Oc1ccc(-n2ccnc2)cc1. The summed E-state index contributed by atoms with van der Waals surface area (Å²) in [5, 5.41) is 0. The van der Waals surface area contributed by atoms with E-state index >= 15 is 0 Å². The number of imide groups is 1. The molecule has 0 N–H and O–H groups in total. The third kappa shape index (κ3) is 3.41. The van der Waals surface area contributed by atoms with Gasteiger partial charge in [0, 0.05) is 31.0 Å². The van der Waals surface area contributed by atoms with Crippen molar-refractivity contribution in [1.82, 2.24) is 14.5 Å². The molecule has 0 aliphatic carbocycles. The summed E-state index contributed by atoms with van der Waals surface area (Å²) in [5.74, 6) is 0.318. The summed E-state index contributed by atoms with van der Waals surface area (Å²) in [5.41, 5.74) is 1.97. The number of carbonyl (C=O) groups is 2. The third-order valence-electron chi connectivity index (χ3n) is 4.95. The largest absolute Gasteiger partial charge is 0.490 e. The lowest BCUT2D eigenvalue weighted by atomic mass is 10.1. The van der Waals surface area contributed by atoms with Gasteiger partial charge in [0.05, 0.1) is 17.5 Å². The fourth-order valence-corrected chi connectivity index (χ4v) is 3.36. The van der Waals surface area contributed by atoms with Crippen LogP contribution in [0.5, 0.6) is 5.75 Å². The summed E-state index contributed by atoms with van der Waals surface area (Å²) in [7, 11) is 0. The van der Waals surface area contributed by atoms with Crippen molar-refractivity contribution in [3.8, 4) is 11.4 Å². The molecule has 142 valence electrons. The summed E-state index contributed by atoms with van der Waals surface area (Å²) < 4.78 is 7.99. The molecule has 6 nitrogen and oxygen atoms in total. The van der Waals surface area contributed by atoms with E-state index in [0.29, 0.717) is 24.1 Å². The van der Waals surface area contributed by atoms with Crippen molar-refractivity contribution in [1.29, 1.82) is 0 Å². The molecular formula is C22H21N3O3. The summed E-state index contributed by atoms with van der Waals surface area (Å²) in [4.78, 5) is 30.3. The Morgan fingerprint density at radius 2 is 1.68 bits per heavy atom. The second-order valence-electron chi connectivity index (χ2n) is 6.71. The second kappa shape index (κ2) is 7.68. The predicted molar refractivity (Wildman–Crippen MR) is 105 cm³/mol. The molecule has 0 bridgehead atoms. The quantitative estimate of drug-likeness (QED) is 0.591. The van der Waals surface area contributed by atoms with Crippen LogP contribution in [0.15, 0.2) is 67.3 Å². The molecule has 6 heteroatoms. The minimum Gasteiger partial charge on any atom is -0.490 e. The Bertz CT molecular complexity index is 946. The predicted octanol–water partition coefficient (Wildman–Crippen LogP) is 3.72. The molecule has 28 heavy (non-hydrogen) atoms.